The van der Waals surface area contributed by atoms with Gasteiger partial charge in [-0.25, -0.2) is 0 Å². The van der Waals surface area contributed by atoms with Crippen LogP contribution < -0.4 is 0 Å². The minimum Gasteiger partial charge on any atom is -0.289 e. The van der Waals surface area contributed by atoms with Gasteiger partial charge in [0.2, 0.25) is 0 Å². The highest BCUT2D eigenvalue weighted by atomic mass is 33.2. The molecule has 0 saturated carbocycles. The van der Waals surface area contributed by atoms with Crippen LogP contribution in [0.5, 0.6) is 0 Å². The van der Waals surface area contributed by atoms with E-state index >= 15 is 0 Å². The van der Waals surface area contributed by atoms with Crippen LogP contribution in [0.25, 0.3) is 0 Å². The van der Waals surface area contributed by atoms with Crippen LogP contribution in [0.15, 0.2) is 0 Å². The van der Waals surface area contributed by atoms with Crippen LogP contribution in [0.3, 0.4) is 0 Å². The van der Waals surface area contributed by atoms with E-state index in [-0.39, 0.29) is 0 Å². The Kier molecular flexibility index (Phi) is 3.89. The van der Waals surface area contributed by atoms with E-state index in [1.54, 1.807) is 6.92 Å². The molecule has 2 nitrogen and oxygen atoms in total. The molecular formula is C4H12O2S2. The second-order valence-electron chi connectivity index (χ2n) is 1.30. The van der Waals surface area contributed by atoms with E-state index in [1.165, 1.54) is 10.8 Å². The molecule has 2 N–H and O–H groups in total. The fourth-order valence-corrected chi connectivity index (χ4v) is 2.45. The third kappa shape index (κ3) is 3.60. The third-order valence-electron chi connectivity index (χ3n) is 0.683. The second-order valence-corrected chi connectivity index (χ2v) is 6.21. The van der Waals surface area contributed by atoms with Crippen LogP contribution in [0.1, 0.15) is 13.8 Å². The molecule has 0 atom stereocenters. The summed E-state index contributed by atoms with van der Waals surface area (Å²) in [5.74, 6) is 1.24. The Balaban J connectivity index is 3.37. The van der Waals surface area contributed by atoms with Gasteiger partial charge >= 0.3 is 0 Å². The summed E-state index contributed by atoms with van der Waals surface area (Å²) in [6.45, 7) is 3.69. The first kappa shape index (κ1) is 8.62. The van der Waals surface area contributed by atoms with Crippen molar-refractivity contribution in [2.24, 2.45) is 0 Å². The van der Waals surface area contributed by atoms with E-state index in [0.29, 0.717) is 5.75 Å². The summed E-state index contributed by atoms with van der Waals surface area (Å²) in [4.78, 5) is 0. The SMILES string of the molecule is CCSS(O)(O)CC. The van der Waals surface area contributed by atoms with E-state index in [0.717, 1.165) is 5.75 Å². The Morgan fingerprint density at radius 3 is 2.00 bits per heavy atom. The molecule has 0 unspecified atom stereocenters. The summed E-state index contributed by atoms with van der Waals surface area (Å²) in [6, 6.07) is 0. The van der Waals surface area contributed by atoms with Crippen LogP contribution in [0.4, 0.5) is 0 Å². The quantitative estimate of drug-likeness (QED) is 0.616. The molecule has 0 aliphatic heterocycles. The topological polar surface area (TPSA) is 40.5 Å². The minimum atomic E-state index is -2.25. The first-order valence-corrected chi connectivity index (χ1v) is 5.74. The average molecular weight is 156 g/mol. The van der Waals surface area contributed by atoms with Gasteiger partial charge in [-0.2, -0.15) is 0 Å². The maximum Gasteiger partial charge on any atom is 0.0455 e. The van der Waals surface area contributed by atoms with Crippen molar-refractivity contribution in [3.63, 3.8) is 0 Å². The lowest BCUT2D eigenvalue weighted by molar-refractivity contribution is 0.510. The maximum atomic E-state index is 8.93. The smallest absolute Gasteiger partial charge is 0.0455 e. The number of rotatable bonds is 3. The molecule has 0 fully saturated rings. The van der Waals surface area contributed by atoms with Gasteiger partial charge in [0.15, 0.2) is 0 Å². The molecule has 0 bridgehead atoms. The Hall–Kier alpha value is 0.620. The van der Waals surface area contributed by atoms with Crippen LogP contribution in [0, 0.1) is 0 Å². The number of hydrogen-bond acceptors (Lipinski definition) is 3. The summed E-state index contributed by atoms with van der Waals surface area (Å²) in [7, 11) is -1.02. The van der Waals surface area contributed by atoms with Crippen molar-refractivity contribution in [1.29, 1.82) is 0 Å². The molecular weight excluding hydrogens is 144 g/mol. The molecule has 0 heterocycles. The van der Waals surface area contributed by atoms with E-state index in [1.807, 2.05) is 6.92 Å². The van der Waals surface area contributed by atoms with E-state index < -0.39 is 9.62 Å². The van der Waals surface area contributed by atoms with Gasteiger partial charge in [0, 0.05) is 11.5 Å². The lowest BCUT2D eigenvalue weighted by atomic mass is 11.0. The number of hydrogen-bond donors (Lipinski definition) is 2. The second kappa shape index (κ2) is 3.61. The molecule has 0 saturated heterocycles. The van der Waals surface area contributed by atoms with E-state index in [4.69, 9.17) is 9.11 Å². The molecule has 0 rings (SSSR count). The highest BCUT2D eigenvalue weighted by Gasteiger charge is 2.05. The highest BCUT2D eigenvalue weighted by Crippen LogP contribution is 2.51. The molecule has 8 heavy (non-hydrogen) atoms. The predicted octanol–water partition coefficient (Wildman–Crippen LogP) is 2.43. The zero-order chi connectivity index (χ0) is 6.62. The van der Waals surface area contributed by atoms with Gasteiger partial charge in [0.25, 0.3) is 0 Å². The molecule has 0 aliphatic carbocycles. The first-order valence-electron chi connectivity index (χ1n) is 2.52. The first-order chi connectivity index (χ1) is 3.62. The lowest BCUT2D eigenvalue weighted by Gasteiger charge is -2.28. The van der Waals surface area contributed by atoms with E-state index in [9.17, 15) is 0 Å². The Morgan fingerprint density at radius 2 is 1.88 bits per heavy atom. The van der Waals surface area contributed by atoms with Gasteiger partial charge in [0.05, 0.1) is 0 Å². The van der Waals surface area contributed by atoms with Gasteiger partial charge in [0.1, 0.15) is 0 Å². The van der Waals surface area contributed by atoms with Gasteiger partial charge in [-0.1, -0.05) is 6.92 Å². The fourth-order valence-electron chi connectivity index (χ4n) is 0.272. The molecule has 0 radical (unpaired) electrons. The summed E-state index contributed by atoms with van der Waals surface area (Å²) >= 11 is 0. The summed E-state index contributed by atoms with van der Waals surface area (Å²) in [5, 5.41) is 0. The zero-order valence-electron chi connectivity index (χ0n) is 5.13. The zero-order valence-corrected chi connectivity index (χ0v) is 6.76. The van der Waals surface area contributed by atoms with Crippen molar-refractivity contribution in [3.8, 4) is 0 Å². The van der Waals surface area contributed by atoms with Gasteiger partial charge < -0.3 is 0 Å². The van der Waals surface area contributed by atoms with Crippen LogP contribution >= 0.6 is 20.4 Å². The molecule has 0 spiro atoms. The highest BCUT2D eigenvalue weighted by molar-refractivity contribution is 8.89. The average Bonchev–Trinajstić information content (AvgIpc) is 1.67. The molecule has 0 aromatic heterocycles. The van der Waals surface area contributed by atoms with Crippen LogP contribution in [0.2, 0.25) is 0 Å². The Morgan fingerprint density at radius 1 is 1.38 bits per heavy atom. The summed E-state index contributed by atoms with van der Waals surface area (Å²) in [5.41, 5.74) is 0. The monoisotopic (exact) mass is 156 g/mol. The van der Waals surface area contributed by atoms with Gasteiger partial charge in [-0.05, 0) is 17.7 Å². The normalized spacial score (nSPS) is 14.0. The molecule has 0 aliphatic rings. The van der Waals surface area contributed by atoms with Crippen molar-refractivity contribution in [2.75, 3.05) is 11.5 Å². The standard InChI is InChI=1S/C4H12O2S2/c1-3-7-8(5,6)4-2/h5-6H,3-4H2,1-2H3. The lowest BCUT2D eigenvalue weighted by Crippen LogP contribution is -1.93. The molecule has 52 valence electrons. The van der Waals surface area contributed by atoms with Crippen molar-refractivity contribution in [1.82, 2.24) is 0 Å². The Labute approximate surface area is 55.4 Å². The van der Waals surface area contributed by atoms with Crippen molar-refractivity contribution in [2.45, 2.75) is 13.8 Å². The largest absolute Gasteiger partial charge is 0.289 e. The van der Waals surface area contributed by atoms with Crippen molar-refractivity contribution >= 4 is 20.4 Å². The Bertz CT molecular complexity index is 65.1. The molecule has 0 aromatic carbocycles. The molecule has 4 heteroatoms. The molecule has 0 amide bonds. The van der Waals surface area contributed by atoms with Crippen LogP contribution in [-0.4, -0.2) is 20.6 Å². The van der Waals surface area contributed by atoms with Gasteiger partial charge in [-0.3, -0.25) is 9.11 Å². The summed E-state index contributed by atoms with van der Waals surface area (Å²) < 4.78 is 17.9. The summed E-state index contributed by atoms with van der Waals surface area (Å²) in [6.07, 6.45) is 0. The molecule has 0 aromatic rings. The fraction of sp³-hybridized carbons (Fsp3) is 1.00. The predicted molar refractivity (Wildman–Crippen MR) is 41.5 cm³/mol. The van der Waals surface area contributed by atoms with Crippen molar-refractivity contribution in [3.05, 3.63) is 0 Å². The van der Waals surface area contributed by atoms with Gasteiger partial charge in [-0.15, -0.1) is 9.62 Å². The van der Waals surface area contributed by atoms with Crippen LogP contribution in [-0.2, 0) is 0 Å². The third-order valence-corrected chi connectivity index (χ3v) is 4.59. The minimum absolute atomic E-state index is 0.464. The maximum absolute atomic E-state index is 8.93. The van der Waals surface area contributed by atoms with E-state index in [2.05, 4.69) is 0 Å². The van der Waals surface area contributed by atoms with Crippen molar-refractivity contribution < 1.29 is 9.11 Å².